The Hall–Kier alpha value is -2.35. The van der Waals surface area contributed by atoms with E-state index in [9.17, 15) is 4.79 Å². The number of benzene rings is 2. The second-order valence-corrected chi connectivity index (χ2v) is 8.69. The normalized spacial score (nSPS) is 19.3. The van der Waals surface area contributed by atoms with E-state index in [1.54, 1.807) is 12.0 Å². The summed E-state index contributed by atoms with van der Waals surface area (Å²) in [7, 11) is 1.15. The zero-order valence-corrected chi connectivity index (χ0v) is 18.2. The number of hydrogen-bond acceptors (Lipinski definition) is 5. The minimum absolute atomic E-state index is 0.0128. The van der Waals surface area contributed by atoms with E-state index in [0.29, 0.717) is 25.4 Å². The highest BCUT2D eigenvalue weighted by Gasteiger charge is 2.52. The van der Waals surface area contributed by atoms with E-state index in [1.807, 2.05) is 70.2 Å². The molecule has 2 aliphatic rings. The van der Waals surface area contributed by atoms with Gasteiger partial charge in [-0.1, -0.05) is 24.3 Å². The summed E-state index contributed by atoms with van der Waals surface area (Å²) in [5, 5.41) is 0. The molecule has 0 atom stereocenters. The predicted octanol–water partition coefficient (Wildman–Crippen LogP) is 3.23. The molecule has 1 amide bonds. The molecule has 7 heteroatoms. The van der Waals surface area contributed by atoms with Gasteiger partial charge in [0.05, 0.1) is 35.6 Å². The Kier molecular flexibility index (Phi) is 5.38. The second-order valence-electron chi connectivity index (χ2n) is 8.69. The second kappa shape index (κ2) is 7.73. The van der Waals surface area contributed by atoms with Crippen LogP contribution in [0.1, 0.15) is 33.3 Å². The van der Waals surface area contributed by atoms with E-state index in [4.69, 9.17) is 18.8 Å². The maximum absolute atomic E-state index is 12.9. The van der Waals surface area contributed by atoms with Crippen molar-refractivity contribution in [3.8, 4) is 5.75 Å². The molecule has 0 saturated carbocycles. The number of nitrogens with zero attached hydrogens (tertiary/aromatic N) is 1. The molecule has 6 nitrogen and oxygen atoms in total. The first kappa shape index (κ1) is 20.9. The van der Waals surface area contributed by atoms with Gasteiger partial charge in [-0.25, -0.2) is 0 Å². The molecule has 0 radical (unpaired) electrons. The van der Waals surface area contributed by atoms with Crippen LogP contribution in [0.5, 0.6) is 5.75 Å². The van der Waals surface area contributed by atoms with Crippen molar-refractivity contribution in [2.45, 2.75) is 45.3 Å². The number of anilines is 2. The molecule has 1 saturated heterocycles. The molecule has 2 heterocycles. The SMILES string of the molecule is COCCOc1ccccc1N1C(=O)Cc2ccc(B3OC(C)(C)C(C)(C)O3)cc21. The lowest BCUT2D eigenvalue weighted by atomic mass is 9.78. The lowest BCUT2D eigenvalue weighted by Crippen LogP contribution is -2.41. The number of hydrogen-bond donors (Lipinski definition) is 0. The molecule has 30 heavy (non-hydrogen) atoms. The summed E-state index contributed by atoms with van der Waals surface area (Å²) in [4.78, 5) is 14.7. The molecule has 2 aromatic rings. The monoisotopic (exact) mass is 409 g/mol. The zero-order chi connectivity index (χ0) is 21.5. The number of methoxy groups -OCH3 is 1. The van der Waals surface area contributed by atoms with Crippen LogP contribution >= 0.6 is 0 Å². The van der Waals surface area contributed by atoms with E-state index in [-0.39, 0.29) is 5.91 Å². The van der Waals surface area contributed by atoms with Gasteiger partial charge in [-0.2, -0.15) is 0 Å². The van der Waals surface area contributed by atoms with E-state index in [1.165, 1.54) is 0 Å². The summed E-state index contributed by atoms with van der Waals surface area (Å²) in [5.74, 6) is 0.663. The lowest BCUT2D eigenvalue weighted by molar-refractivity contribution is -0.116. The van der Waals surface area contributed by atoms with E-state index in [0.717, 1.165) is 22.4 Å². The third-order valence-corrected chi connectivity index (χ3v) is 6.12. The van der Waals surface area contributed by atoms with Gasteiger partial charge in [0.25, 0.3) is 0 Å². The number of ether oxygens (including phenoxy) is 2. The first-order valence-corrected chi connectivity index (χ1v) is 10.3. The summed E-state index contributed by atoms with van der Waals surface area (Å²) in [6.07, 6.45) is 0.353. The van der Waals surface area contributed by atoms with Crippen molar-refractivity contribution in [3.63, 3.8) is 0 Å². The van der Waals surface area contributed by atoms with Gasteiger partial charge in [0, 0.05) is 7.11 Å². The van der Waals surface area contributed by atoms with Gasteiger partial charge in [0.15, 0.2) is 0 Å². The summed E-state index contributed by atoms with van der Waals surface area (Å²) in [6.45, 7) is 9.02. The number of fused-ring (bicyclic) bond motifs is 1. The Balaban J connectivity index is 1.68. The molecule has 1 fully saturated rings. The molecular formula is C23H28BNO5. The third-order valence-electron chi connectivity index (χ3n) is 6.12. The standard InChI is InChI=1S/C23H28BNO5/c1-22(2)23(3,4)30-24(29-22)17-11-10-16-14-21(26)25(19(16)15-17)18-8-6-7-9-20(18)28-13-12-27-5/h6-11,15H,12-14H2,1-5H3. The Bertz CT molecular complexity index is 942. The summed E-state index contributed by atoms with van der Waals surface area (Å²) in [6, 6.07) is 13.5. The van der Waals surface area contributed by atoms with Gasteiger partial charge in [0.2, 0.25) is 5.91 Å². The van der Waals surface area contributed by atoms with Gasteiger partial charge in [-0.15, -0.1) is 0 Å². The molecule has 0 N–H and O–H groups in total. The largest absolute Gasteiger partial charge is 0.494 e. The Morgan fingerprint density at radius 1 is 1.00 bits per heavy atom. The first-order chi connectivity index (χ1) is 14.2. The molecule has 2 aliphatic heterocycles. The summed E-state index contributed by atoms with van der Waals surface area (Å²) >= 11 is 0. The highest BCUT2D eigenvalue weighted by Crippen LogP contribution is 2.41. The van der Waals surface area contributed by atoms with Crippen LogP contribution in [0, 0.1) is 0 Å². The van der Waals surface area contributed by atoms with Crippen molar-refractivity contribution in [2.24, 2.45) is 0 Å². The number of amides is 1. The highest BCUT2D eigenvalue weighted by molar-refractivity contribution is 6.62. The highest BCUT2D eigenvalue weighted by atomic mass is 16.7. The van der Waals surface area contributed by atoms with E-state index >= 15 is 0 Å². The van der Waals surface area contributed by atoms with Crippen LogP contribution in [0.2, 0.25) is 0 Å². The number of rotatable bonds is 6. The number of carbonyl (C=O) groups excluding carboxylic acids is 1. The quantitative estimate of drug-likeness (QED) is 0.542. The Morgan fingerprint density at radius 3 is 2.40 bits per heavy atom. The smallest absolute Gasteiger partial charge is 0.489 e. The summed E-state index contributed by atoms with van der Waals surface area (Å²) < 4.78 is 23.4. The number of para-hydroxylation sites is 2. The van der Waals surface area contributed by atoms with E-state index < -0.39 is 18.3 Å². The first-order valence-electron chi connectivity index (χ1n) is 10.3. The fourth-order valence-corrected chi connectivity index (χ4v) is 3.70. The van der Waals surface area contributed by atoms with Crippen LogP contribution in [0.4, 0.5) is 11.4 Å². The van der Waals surface area contributed by atoms with Crippen molar-refractivity contribution < 1.29 is 23.6 Å². The van der Waals surface area contributed by atoms with Crippen LogP contribution in [0.15, 0.2) is 42.5 Å². The fraction of sp³-hybridized carbons (Fsp3) is 0.435. The Labute approximate surface area is 178 Å². The average molecular weight is 409 g/mol. The molecular weight excluding hydrogens is 381 g/mol. The molecule has 0 aromatic heterocycles. The van der Waals surface area contributed by atoms with Crippen molar-refractivity contribution in [1.29, 1.82) is 0 Å². The molecule has 4 rings (SSSR count). The van der Waals surface area contributed by atoms with Crippen LogP contribution in [-0.2, 0) is 25.3 Å². The Morgan fingerprint density at radius 2 is 1.70 bits per heavy atom. The van der Waals surface area contributed by atoms with Gasteiger partial charge < -0.3 is 18.8 Å². The van der Waals surface area contributed by atoms with Crippen molar-refractivity contribution in [3.05, 3.63) is 48.0 Å². The molecule has 158 valence electrons. The topological polar surface area (TPSA) is 57.2 Å². The maximum Gasteiger partial charge on any atom is 0.494 e. The molecule has 0 aliphatic carbocycles. The van der Waals surface area contributed by atoms with Crippen LogP contribution in [0.3, 0.4) is 0 Å². The molecule has 0 bridgehead atoms. The van der Waals surface area contributed by atoms with Crippen molar-refractivity contribution in [2.75, 3.05) is 25.2 Å². The predicted molar refractivity (Wildman–Crippen MR) is 117 cm³/mol. The van der Waals surface area contributed by atoms with Gasteiger partial charge in [0.1, 0.15) is 12.4 Å². The minimum atomic E-state index is -0.481. The van der Waals surface area contributed by atoms with Crippen molar-refractivity contribution >= 4 is 29.9 Å². The zero-order valence-electron chi connectivity index (χ0n) is 18.2. The lowest BCUT2D eigenvalue weighted by Gasteiger charge is -2.32. The fourth-order valence-electron chi connectivity index (χ4n) is 3.70. The maximum atomic E-state index is 12.9. The van der Waals surface area contributed by atoms with Crippen LogP contribution in [0.25, 0.3) is 0 Å². The molecule has 0 spiro atoms. The molecule has 2 aromatic carbocycles. The summed E-state index contributed by atoms with van der Waals surface area (Å²) in [5.41, 5.74) is 2.59. The minimum Gasteiger partial charge on any atom is -0.489 e. The molecule has 0 unspecified atom stereocenters. The van der Waals surface area contributed by atoms with Gasteiger partial charge in [-0.3, -0.25) is 9.69 Å². The van der Waals surface area contributed by atoms with Gasteiger partial charge in [-0.05, 0) is 56.9 Å². The van der Waals surface area contributed by atoms with Crippen LogP contribution in [-0.4, -0.2) is 44.6 Å². The van der Waals surface area contributed by atoms with Crippen LogP contribution < -0.4 is 15.1 Å². The van der Waals surface area contributed by atoms with Gasteiger partial charge >= 0.3 is 7.12 Å². The van der Waals surface area contributed by atoms with E-state index in [2.05, 4.69) is 0 Å². The average Bonchev–Trinajstić information content (AvgIpc) is 3.13. The number of carbonyl (C=O) groups is 1. The third kappa shape index (κ3) is 3.62. The van der Waals surface area contributed by atoms with Crippen molar-refractivity contribution in [1.82, 2.24) is 0 Å².